The van der Waals surface area contributed by atoms with Gasteiger partial charge in [0.05, 0.1) is 4.91 Å². The molecule has 1 amide bonds. The summed E-state index contributed by atoms with van der Waals surface area (Å²) in [5.41, 5.74) is 1.04. The Hall–Kier alpha value is -1.01. The fourth-order valence-electron chi connectivity index (χ4n) is 4.57. The van der Waals surface area contributed by atoms with E-state index < -0.39 is 0 Å². The van der Waals surface area contributed by atoms with Crippen LogP contribution in [0, 0.1) is 5.41 Å². The van der Waals surface area contributed by atoms with E-state index in [1.54, 1.807) is 11.8 Å². The Labute approximate surface area is 191 Å². The molecule has 0 bridgehead atoms. The van der Waals surface area contributed by atoms with E-state index in [9.17, 15) is 4.79 Å². The zero-order valence-corrected chi connectivity index (χ0v) is 20.4. The van der Waals surface area contributed by atoms with E-state index in [4.69, 9.17) is 11.6 Å². The first-order chi connectivity index (χ1) is 14.2. The molecule has 1 aromatic rings. The maximum Gasteiger partial charge on any atom is 0.261 e. The third-order valence-electron chi connectivity index (χ3n) is 5.69. The Morgan fingerprint density at radius 3 is 2.60 bits per heavy atom. The standard InChI is InChI=1S/C24H36ClN3OS/c1-24(2,18-26(3)4)17-21-22(29)28(15-9-14-27-12-6-5-7-13-27)23(30-21)19-10-8-11-20(25)16-19/h8,10-11,16-17,23H,5-7,9,12-15,18H2,1-4H3/b21-17+. The Morgan fingerprint density at radius 2 is 1.93 bits per heavy atom. The highest BCUT2D eigenvalue weighted by molar-refractivity contribution is 8.04. The Balaban J connectivity index is 1.76. The zero-order valence-electron chi connectivity index (χ0n) is 18.9. The number of benzene rings is 1. The van der Waals surface area contributed by atoms with Gasteiger partial charge in [-0.1, -0.05) is 61.8 Å². The second-order valence-corrected chi connectivity index (χ2v) is 11.1. The molecular formula is C24H36ClN3OS. The molecule has 6 heteroatoms. The highest BCUT2D eigenvalue weighted by atomic mass is 35.5. The van der Waals surface area contributed by atoms with Gasteiger partial charge >= 0.3 is 0 Å². The average Bonchev–Trinajstić information content (AvgIpc) is 2.97. The van der Waals surface area contributed by atoms with Crippen molar-refractivity contribution in [1.82, 2.24) is 14.7 Å². The van der Waals surface area contributed by atoms with Gasteiger partial charge < -0.3 is 14.7 Å². The monoisotopic (exact) mass is 449 g/mol. The third-order valence-corrected chi connectivity index (χ3v) is 7.23. The number of thioether (sulfide) groups is 1. The molecule has 2 heterocycles. The average molecular weight is 450 g/mol. The molecule has 166 valence electrons. The molecule has 2 aliphatic rings. The SMILES string of the molecule is CN(C)CC(C)(C)/C=C1/SC(c2cccc(Cl)c2)N(CCCN2CCCCC2)C1=O. The fraction of sp³-hybridized carbons (Fsp3) is 0.625. The van der Waals surface area contributed by atoms with E-state index >= 15 is 0 Å². The number of piperidine rings is 1. The molecular weight excluding hydrogens is 414 g/mol. The molecule has 0 aromatic heterocycles. The molecule has 1 atom stereocenters. The Bertz CT molecular complexity index is 759. The van der Waals surface area contributed by atoms with Crippen molar-refractivity contribution in [3.8, 4) is 0 Å². The topological polar surface area (TPSA) is 26.8 Å². The van der Waals surface area contributed by atoms with Crippen LogP contribution in [0.4, 0.5) is 0 Å². The van der Waals surface area contributed by atoms with E-state index in [0.29, 0.717) is 0 Å². The number of rotatable bonds is 8. The lowest BCUT2D eigenvalue weighted by Gasteiger charge is -2.28. The lowest BCUT2D eigenvalue weighted by atomic mass is 9.92. The summed E-state index contributed by atoms with van der Waals surface area (Å²) in [6, 6.07) is 7.96. The highest BCUT2D eigenvalue weighted by Gasteiger charge is 2.38. The first-order valence-corrected chi connectivity index (χ1v) is 12.3. The molecule has 2 aliphatic heterocycles. The van der Waals surface area contributed by atoms with Crippen LogP contribution < -0.4 is 0 Å². The Kier molecular flexibility index (Phi) is 8.31. The number of nitrogens with zero attached hydrogens (tertiary/aromatic N) is 3. The van der Waals surface area contributed by atoms with E-state index in [1.807, 2.05) is 18.2 Å². The van der Waals surface area contributed by atoms with Crippen molar-refractivity contribution in [2.24, 2.45) is 5.41 Å². The summed E-state index contributed by atoms with van der Waals surface area (Å²) in [7, 11) is 4.15. The van der Waals surface area contributed by atoms with Crippen LogP contribution in [0.2, 0.25) is 5.02 Å². The molecule has 2 fully saturated rings. The third kappa shape index (κ3) is 6.49. The normalized spacial score (nSPS) is 22.5. The number of hydrogen-bond donors (Lipinski definition) is 0. The minimum absolute atomic E-state index is 0.000961. The highest BCUT2D eigenvalue weighted by Crippen LogP contribution is 2.47. The summed E-state index contributed by atoms with van der Waals surface area (Å²) >= 11 is 7.95. The minimum Gasteiger partial charge on any atom is -0.322 e. The molecule has 0 spiro atoms. The summed E-state index contributed by atoms with van der Waals surface area (Å²) < 4.78 is 0. The predicted octanol–water partition coefficient (Wildman–Crippen LogP) is 5.26. The van der Waals surface area contributed by atoms with Crippen LogP contribution in [0.3, 0.4) is 0 Å². The molecule has 3 rings (SSSR count). The quantitative estimate of drug-likeness (QED) is 0.505. The predicted molar refractivity (Wildman–Crippen MR) is 129 cm³/mol. The summed E-state index contributed by atoms with van der Waals surface area (Å²) in [5.74, 6) is 0.162. The summed E-state index contributed by atoms with van der Waals surface area (Å²) in [4.78, 5) is 21.0. The first kappa shape index (κ1) is 23.6. The molecule has 1 aromatic carbocycles. The summed E-state index contributed by atoms with van der Waals surface area (Å²) in [6.07, 6.45) is 7.14. The number of carbonyl (C=O) groups excluding carboxylic acids is 1. The van der Waals surface area contributed by atoms with Gasteiger partial charge in [0, 0.05) is 18.1 Å². The number of amides is 1. The van der Waals surface area contributed by atoms with E-state index in [2.05, 4.69) is 54.8 Å². The van der Waals surface area contributed by atoms with Crippen molar-refractivity contribution in [3.63, 3.8) is 0 Å². The van der Waals surface area contributed by atoms with Crippen molar-refractivity contribution in [3.05, 3.63) is 45.8 Å². The fourth-order valence-corrected chi connectivity index (χ4v) is 6.22. The molecule has 1 unspecified atom stereocenters. The molecule has 0 aliphatic carbocycles. The summed E-state index contributed by atoms with van der Waals surface area (Å²) in [5, 5.41) is 0.721. The second kappa shape index (κ2) is 10.5. The van der Waals surface area contributed by atoms with Gasteiger partial charge in [-0.25, -0.2) is 0 Å². The van der Waals surface area contributed by atoms with Gasteiger partial charge in [0.25, 0.3) is 5.91 Å². The van der Waals surface area contributed by atoms with Crippen molar-refractivity contribution in [1.29, 1.82) is 0 Å². The largest absolute Gasteiger partial charge is 0.322 e. The second-order valence-electron chi connectivity index (χ2n) is 9.51. The number of halogens is 1. The van der Waals surface area contributed by atoms with Crippen molar-refractivity contribution in [2.45, 2.75) is 44.9 Å². The van der Waals surface area contributed by atoms with Crippen LogP contribution in [0.5, 0.6) is 0 Å². The van der Waals surface area contributed by atoms with Gasteiger partial charge in [-0.15, -0.1) is 0 Å². The smallest absolute Gasteiger partial charge is 0.261 e. The molecule has 0 saturated carbocycles. The van der Waals surface area contributed by atoms with Crippen LogP contribution in [-0.2, 0) is 4.79 Å². The molecule has 4 nitrogen and oxygen atoms in total. The number of likely N-dealkylation sites (tertiary alicyclic amines) is 1. The van der Waals surface area contributed by atoms with Crippen molar-refractivity contribution in [2.75, 3.05) is 46.8 Å². The van der Waals surface area contributed by atoms with Gasteiger partial charge in [-0.3, -0.25) is 4.79 Å². The van der Waals surface area contributed by atoms with Crippen molar-refractivity contribution < 1.29 is 4.79 Å². The van der Waals surface area contributed by atoms with Crippen LogP contribution in [0.25, 0.3) is 0 Å². The molecule has 30 heavy (non-hydrogen) atoms. The van der Waals surface area contributed by atoms with Gasteiger partial charge in [0.15, 0.2) is 0 Å². The van der Waals surface area contributed by atoms with Crippen LogP contribution in [0.1, 0.15) is 50.5 Å². The van der Waals surface area contributed by atoms with E-state index in [1.165, 1.54) is 32.4 Å². The van der Waals surface area contributed by atoms with Crippen LogP contribution in [0.15, 0.2) is 35.2 Å². The van der Waals surface area contributed by atoms with E-state index in [0.717, 1.165) is 41.5 Å². The van der Waals surface area contributed by atoms with Gasteiger partial charge in [-0.05, 0) is 76.1 Å². The molecule has 0 N–H and O–H groups in total. The molecule has 0 radical (unpaired) electrons. The molecule has 2 saturated heterocycles. The number of hydrogen-bond acceptors (Lipinski definition) is 4. The van der Waals surface area contributed by atoms with Crippen molar-refractivity contribution >= 4 is 29.3 Å². The zero-order chi connectivity index (χ0) is 21.7. The maximum atomic E-state index is 13.4. The first-order valence-electron chi connectivity index (χ1n) is 11.1. The Morgan fingerprint density at radius 1 is 1.20 bits per heavy atom. The van der Waals surface area contributed by atoms with E-state index in [-0.39, 0.29) is 16.7 Å². The minimum atomic E-state index is -0.0653. The maximum absolute atomic E-state index is 13.4. The van der Waals surface area contributed by atoms with Gasteiger partial charge in [0.1, 0.15) is 5.37 Å². The van der Waals surface area contributed by atoms with Crippen LogP contribution in [-0.4, -0.2) is 67.4 Å². The summed E-state index contributed by atoms with van der Waals surface area (Å²) in [6.45, 7) is 9.55. The lowest BCUT2D eigenvalue weighted by Crippen LogP contribution is -2.34. The number of carbonyl (C=O) groups is 1. The van der Waals surface area contributed by atoms with Gasteiger partial charge in [-0.2, -0.15) is 0 Å². The van der Waals surface area contributed by atoms with Gasteiger partial charge in [0.2, 0.25) is 0 Å². The lowest BCUT2D eigenvalue weighted by molar-refractivity contribution is -0.126. The van der Waals surface area contributed by atoms with Crippen LogP contribution >= 0.6 is 23.4 Å².